The Morgan fingerprint density at radius 3 is 2.56 bits per heavy atom. The van der Waals surface area contributed by atoms with Crippen LogP contribution in [-0.2, 0) is 11.2 Å². The molecule has 0 spiro atoms. The molecule has 2 fully saturated rings. The highest BCUT2D eigenvalue weighted by molar-refractivity contribution is 7.13. The molecule has 1 aromatic carbocycles. The molecule has 4 atom stereocenters. The molecular weight excluding hydrogens is 477 g/mol. The van der Waals surface area contributed by atoms with Crippen molar-refractivity contribution in [1.29, 1.82) is 0 Å². The van der Waals surface area contributed by atoms with Crippen LogP contribution in [0.5, 0.6) is 0 Å². The van der Waals surface area contributed by atoms with Crippen molar-refractivity contribution < 1.29 is 14.0 Å². The van der Waals surface area contributed by atoms with Crippen molar-refractivity contribution in [1.82, 2.24) is 20.1 Å². The number of hydrogen-bond acceptors (Lipinski definition) is 5. The minimum atomic E-state index is -0.239. The minimum absolute atomic E-state index is 0.0324. The van der Waals surface area contributed by atoms with Crippen molar-refractivity contribution in [3.8, 4) is 0 Å². The lowest BCUT2D eigenvalue weighted by Gasteiger charge is -2.47. The number of carbonyl (C=O) groups excluding carboxylic acids is 2. The summed E-state index contributed by atoms with van der Waals surface area (Å²) in [5.74, 6) is -0.0182. The number of nitrogens with zero attached hydrogens (tertiary/aromatic N) is 3. The van der Waals surface area contributed by atoms with Crippen molar-refractivity contribution >= 4 is 28.4 Å². The lowest BCUT2D eigenvalue weighted by Crippen LogP contribution is -2.57. The first-order valence-corrected chi connectivity index (χ1v) is 13.9. The number of rotatable bonds is 7. The summed E-state index contributed by atoms with van der Waals surface area (Å²) in [4.78, 5) is 33.9. The van der Waals surface area contributed by atoms with Gasteiger partial charge in [-0.25, -0.2) is 14.2 Å². The summed E-state index contributed by atoms with van der Waals surface area (Å²) in [6, 6.07) is 6.83. The molecule has 1 saturated heterocycles. The number of anilines is 1. The number of hydrogen-bond donors (Lipinski definition) is 2. The summed E-state index contributed by atoms with van der Waals surface area (Å²) >= 11 is 1.41. The molecule has 2 heterocycles. The fourth-order valence-corrected chi connectivity index (χ4v) is 6.46. The lowest BCUT2D eigenvalue weighted by atomic mass is 9.74. The van der Waals surface area contributed by atoms with E-state index in [4.69, 9.17) is 0 Å². The normalized spacial score (nSPS) is 23.6. The molecule has 2 aliphatic rings. The Bertz CT molecular complexity index is 1020. The number of aromatic nitrogens is 1. The van der Waals surface area contributed by atoms with E-state index in [0.717, 1.165) is 62.9 Å². The van der Waals surface area contributed by atoms with Gasteiger partial charge in [-0.1, -0.05) is 18.6 Å². The van der Waals surface area contributed by atoms with Crippen molar-refractivity contribution in [3.05, 3.63) is 46.7 Å². The fourth-order valence-electron chi connectivity index (χ4n) is 5.77. The van der Waals surface area contributed by atoms with Crippen LogP contribution in [0, 0.1) is 18.7 Å². The first-order chi connectivity index (χ1) is 17.3. The number of amides is 3. The minimum Gasteiger partial charge on any atom is -0.343 e. The van der Waals surface area contributed by atoms with Gasteiger partial charge < -0.3 is 10.2 Å². The molecule has 0 radical (unpaired) electrons. The van der Waals surface area contributed by atoms with E-state index in [-0.39, 0.29) is 41.8 Å². The zero-order valence-electron chi connectivity index (χ0n) is 21.5. The molecule has 3 amide bonds. The van der Waals surface area contributed by atoms with Gasteiger partial charge in [-0.2, -0.15) is 0 Å². The van der Waals surface area contributed by atoms with Gasteiger partial charge in [0, 0.05) is 37.5 Å². The maximum atomic E-state index is 13.6. The van der Waals surface area contributed by atoms with Crippen molar-refractivity contribution in [2.45, 2.75) is 76.9 Å². The molecule has 7 nitrogen and oxygen atoms in total. The second kappa shape index (κ2) is 12.1. The van der Waals surface area contributed by atoms with Crippen LogP contribution < -0.4 is 10.6 Å². The van der Waals surface area contributed by atoms with Crippen molar-refractivity contribution in [3.63, 3.8) is 0 Å². The molecule has 1 aliphatic carbocycles. The number of piperidine rings is 1. The first kappa shape index (κ1) is 26.5. The molecular formula is C27H38FN5O2S. The van der Waals surface area contributed by atoms with Gasteiger partial charge >= 0.3 is 6.03 Å². The number of likely N-dealkylation sites (tertiary alicyclic amines) is 1. The number of urea groups is 1. The lowest BCUT2D eigenvalue weighted by molar-refractivity contribution is -0.130. The third-order valence-corrected chi connectivity index (χ3v) is 8.66. The second-order valence-corrected chi connectivity index (χ2v) is 11.1. The Hall–Kier alpha value is -2.52. The van der Waals surface area contributed by atoms with E-state index in [0.29, 0.717) is 5.13 Å². The topological polar surface area (TPSA) is 77.6 Å². The van der Waals surface area contributed by atoms with E-state index in [9.17, 15) is 14.0 Å². The van der Waals surface area contributed by atoms with Gasteiger partial charge in [0.25, 0.3) is 0 Å². The van der Waals surface area contributed by atoms with Crippen LogP contribution in [0.4, 0.5) is 14.3 Å². The number of benzene rings is 1. The standard InChI is InChI=1S/C27H38FN5O2S/c1-18-17-36-27(29-18)31-26(35)30-24-12-11-22(32(3)19(2)34)16-23(24)25(33-13-5-4-6-14-33)15-20-7-9-21(28)10-8-20/h7-10,17,22-25H,4-6,11-16H2,1-3H3,(H2,29,30,31,35)/t22?,23-,24+,25?/m0/s1. The predicted molar refractivity (Wildman–Crippen MR) is 142 cm³/mol. The number of aryl methyl sites for hydroxylation is 1. The van der Waals surface area contributed by atoms with Gasteiger partial charge in [0.05, 0.1) is 5.69 Å². The molecule has 2 N–H and O–H groups in total. The van der Waals surface area contributed by atoms with E-state index in [1.165, 1.54) is 29.9 Å². The average molecular weight is 516 g/mol. The van der Waals surface area contributed by atoms with Gasteiger partial charge in [0.15, 0.2) is 5.13 Å². The Balaban J connectivity index is 1.58. The fraction of sp³-hybridized carbons (Fsp3) is 0.593. The van der Waals surface area contributed by atoms with E-state index < -0.39 is 0 Å². The van der Waals surface area contributed by atoms with Crippen LogP contribution in [0.25, 0.3) is 0 Å². The molecule has 2 aromatic rings. The summed E-state index contributed by atoms with van der Waals surface area (Å²) in [5, 5.41) is 8.65. The quantitative estimate of drug-likeness (QED) is 0.554. The molecule has 36 heavy (non-hydrogen) atoms. The van der Waals surface area contributed by atoms with E-state index in [2.05, 4.69) is 20.5 Å². The summed E-state index contributed by atoms with van der Waals surface area (Å²) in [7, 11) is 1.88. The maximum Gasteiger partial charge on any atom is 0.321 e. The molecule has 1 saturated carbocycles. The van der Waals surface area contributed by atoms with Crippen LogP contribution in [0.15, 0.2) is 29.6 Å². The zero-order valence-corrected chi connectivity index (χ0v) is 22.3. The van der Waals surface area contributed by atoms with Crippen LogP contribution in [-0.4, -0.2) is 65.0 Å². The summed E-state index contributed by atoms with van der Waals surface area (Å²) in [6.07, 6.45) is 6.79. The van der Waals surface area contributed by atoms with Crippen LogP contribution >= 0.6 is 11.3 Å². The highest BCUT2D eigenvalue weighted by Gasteiger charge is 2.40. The predicted octanol–water partition coefficient (Wildman–Crippen LogP) is 4.82. The Labute approximate surface area is 217 Å². The monoisotopic (exact) mass is 515 g/mol. The van der Waals surface area contributed by atoms with Gasteiger partial charge in [0.2, 0.25) is 5.91 Å². The van der Waals surface area contributed by atoms with Crippen LogP contribution in [0.3, 0.4) is 0 Å². The number of thiazole rings is 1. The highest BCUT2D eigenvalue weighted by Crippen LogP contribution is 2.35. The molecule has 9 heteroatoms. The van der Waals surface area contributed by atoms with Gasteiger partial charge in [0.1, 0.15) is 5.82 Å². The van der Waals surface area contributed by atoms with E-state index in [1.54, 1.807) is 6.92 Å². The second-order valence-electron chi connectivity index (χ2n) is 10.3. The number of halogens is 1. The average Bonchev–Trinajstić information content (AvgIpc) is 3.28. The first-order valence-electron chi connectivity index (χ1n) is 13.0. The van der Waals surface area contributed by atoms with Crippen LogP contribution in [0.2, 0.25) is 0 Å². The Morgan fingerprint density at radius 1 is 1.19 bits per heavy atom. The van der Waals surface area contributed by atoms with Crippen molar-refractivity contribution in [2.24, 2.45) is 5.92 Å². The molecule has 1 aliphatic heterocycles. The van der Waals surface area contributed by atoms with E-state index in [1.807, 2.05) is 36.4 Å². The van der Waals surface area contributed by atoms with Gasteiger partial charge in [-0.15, -0.1) is 11.3 Å². The Kier molecular flexibility index (Phi) is 8.95. The number of nitrogens with one attached hydrogen (secondary N) is 2. The summed E-state index contributed by atoms with van der Waals surface area (Å²) in [5.41, 5.74) is 1.97. The molecule has 2 unspecified atom stereocenters. The van der Waals surface area contributed by atoms with Gasteiger partial charge in [-0.05, 0) is 82.2 Å². The summed E-state index contributed by atoms with van der Waals surface area (Å²) in [6.45, 7) is 5.56. The van der Waals surface area contributed by atoms with E-state index >= 15 is 0 Å². The highest BCUT2D eigenvalue weighted by atomic mass is 32.1. The maximum absolute atomic E-state index is 13.6. The smallest absolute Gasteiger partial charge is 0.321 e. The number of carbonyl (C=O) groups is 2. The molecule has 1 aromatic heterocycles. The summed E-state index contributed by atoms with van der Waals surface area (Å²) < 4.78 is 13.6. The molecule has 4 rings (SSSR count). The third kappa shape index (κ3) is 6.82. The SMILES string of the molecule is CC(=O)N(C)C1CC[C@@H](NC(=O)Nc2nc(C)cs2)[C@@H](C(Cc2ccc(F)cc2)N2CCCCC2)C1. The largest absolute Gasteiger partial charge is 0.343 e. The van der Waals surface area contributed by atoms with Gasteiger partial charge in [-0.3, -0.25) is 15.0 Å². The zero-order chi connectivity index (χ0) is 25.7. The molecule has 0 bridgehead atoms. The van der Waals surface area contributed by atoms with Crippen molar-refractivity contribution in [2.75, 3.05) is 25.5 Å². The molecule has 196 valence electrons. The Morgan fingerprint density at radius 2 is 1.92 bits per heavy atom. The van der Waals surface area contributed by atoms with Crippen LogP contribution in [0.1, 0.15) is 56.7 Å². The third-order valence-electron chi connectivity index (χ3n) is 7.78.